The second-order valence-electron chi connectivity index (χ2n) is 7.76. The number of carbonyl (C=O) groups excluding carboxylic acids is 1. The first kappa shape index (κ1) is 21.6. The molecule has 0 saturated heterocycles. The molecule has 4 rings (SSSR count). The number of hydrogen-bond donors (Lipinski definition) is 0. The molecule has 164 valence electrons. The molecule has 0 fully saturated rings. The lowest BCUT2D eigenvalue weighted by molar-refractivity contribution is -0.140. The summed E-state index contributed by atoms with van der Waals surface area (Å²) in [6.07, 6.45) is 3.11. The van der Waals surface area contributed by atoms with Crippen molar-refractivity contribution < 1.29 is 14.3 Å². The lowest BCUT2D eigenvalue weighted by atomic mass is 10.2. The first-order valence-electron chi connectivity index (χ1n) is 11.0. The number of hydrogen-bond acceptors (Lipinski definition) is 4. The maximum absolute atomic E-state index is 11.2. The van der Waals surface area contributed by atoms with Crippen molar-refractivity contribution in [3.05, 3.63) is 84.4 Å². The number of aromatic nitrogens is 2. The van der Waals surface area contributed by atoms with E-state index in [1.807, 2.05) is 36.4 Å². The Morgan fingerprint density at radius 3 is 2.41 bits per heavy atom. The van der Waals surface area contributed by atoms with E-state index in [0.717, 1.165) is 54.0 Å². The molecule has 5 nitrogen and oxygen atoms in total. The standard InChI is InChI=1S/C27H28N2O3/c1-31-26(30)15-9-4-10-18-32-23-16-17-24-25(19-23)29(20-21-11-5-2-6-12-21)27(28-24)22-13-7-3-8-14-22/h2-3,5-8,11-14,16-17,19H,4,9-10,15,18,20H2,1H3. The van der Waals surface area contributed by atoms with E-state index < -0.39 is 0 Å². The van der Waals surface area contributed by atoms with Crippen molar-refractivity contribution in [2.24, 2.45) is 0 Å². The number of rotatable bonds is 10. The van der Waals surface area contributed by atoms with Gasteiger partial charge in [-0.3, -0.25) is 4.79 Å². The van der Waals surface area contributed by atoms with Gasteiger partial charge in [-0.05, 0) is 37.0 Å². The molecule has 1 aromatic heterocycles. The fourth-order valence-electron chi connectivity index (χ4n) is 3.77. The van der Waals surface area contributed by atoms with Gasteiger partial charge in [-0.25, -0.2) is 4.98 Å². The lowest BCUT2D eigenvalue weighted by Gasteiger charge is -2.11. The zero-order chi connectivity index (χ0) is 22.2. The molecular weight excluding hydrogens is 400 g/mol. The van der Waals surface area contributed by atoms with Crippen LogP contribution in [0.4, 0.5) is 0 Å². The molecule has 0 aliphatic heterocycles. The minimum absolute atomic E-state index is 0.155. The predicted octanol–water partition coefficient (Wildman–Crippen LogP) is 5.86. The van der Waals surface area contributed by atoms with E-state index in [9.17, 15) is 4.79 Å². The number of imidazole rings is 1. The summed E-state index contributed by atoms with van der Waals surface area (Å²) in [6, 6.07) is 26.8. The molecule has 0 saturated carbocycles. The smallest absolute Gasteiger partial charge is 0.305 e. The average Bonchev–Trinajstić information content (AvgIpc) is 3.20. The number of benzene rings is 3. The molecule has 4 aromatic rings. The molecular formula is C27H28N2O3. The van der Waals surface area contributed by atoms with E-state index in [2.05, 4.69) is 51.8 Å². The Bertz CT molecular complexity index is 1150. The van der Waals surface area contributed by atoms with Gasteiger partial charge in [0.05, 0.1) is 24.8 Å². The number of nitrogens with zero attached hydrogens (tertiary/aromatic N) is 2. The van der Waals surface area contributed by atoms with Crippen molar-refractivity contribution in [1.29, 1.82) is 0 Å². The molecule has 0 amide bonds. The molecule has 0 aliphatic rings. The summed E-state index contributed by atoms with van der Waals surface area (Å²) in [6.45, 7) is 1.35. The van der Waals surface area contributed by atoms with Crippen molar-refractivity contribution in [2.45, 2.75) is 32.2 Å². The quantitative estimate of drug-likeness (QED) is 0.234. The third-order valence-corrected chi connectivity index (χ3v) is 5.46. The van der Waals surface area contributed by atoms with Crippen LogP contribution in [0.15, 0.2) is 78.9 Å². The molecule has 3 aromatic carbocycles. The lowest BCUT2D eigenvalue weighted by Crippen LogP contribution is -2.03. The van der Waals surface area contributed by atoms with E-state index in [-0.39, 0.29) is 5.97 Å². The summed E-state index contributed by atoms with van der Waals surface area (Å²) in [7, 11) is 1.42. The summed E-state index contributed by atoms with van der Waals surface area (Å²) in [5, 5.41) is 0. The van der Waals surface area contributed by atoms with Gasteiger partial charge in [0.1, 0.15) is 11.6 Å². The van der Waals surface area contributed by atoms with E-state index in [1.165, 1.54) is 12.7 Å². The van der Waals surface area contributed by atoms with Gasteiger partial charge in [0.2, 0.25) is 0 Å². The Morgan fingerprint density at radius 1 is 0.906 bits per heavy atom. The van der Waals surface area contributed by atoms with Gasteiger partial charge in [-0.2, -0.15) is 0 Å². The van der Waals surface area contributed by atoms with E-state index in [4.69, 9.17) is 9.72 Å². The molecule has 32 heavy (non-hydrogen) atoms. The second kappa shape index (κ2) is 10.6. The second-order valence-corrected chi connectivity index (χ2v) is 7.76. The zero-order valence-corrected chi connectivity index (χ0v) is 18.4. The largest absolute Gasteiger partial charge is 0.494 e. The number of ether oxygens (including phenoxy) is 2. The van der Waals surface area contributed by atoms with Crippen molar-refractivity contribution in [1.82, 2.24) is 9.55 Å². The van der Waals surface area contributed by atoms with Crippen LogP contribution in [-0.4, -0.2) is 29.2 Å². The molecule has 0 unspecified atom stereocenters. The summed E-state index contributed by atoms with van der Waals surface area (Å²) in [4.78, 5) is 16.1. The Hall–Kier alpha value is -3.60. The number of carbonyl (C=O) groups is 1. The van der Waals surface area contributed by atoms with Gasteiger partial charge in [0.25, 0.3) is 0 Å². The third kappa shape index (κ3) is 5.35. The van der Waals surface area contributed by atoms with E-state index >= 15 is 0 Å². The fraction of sp³-hybridized carbons (Fsp3) is 0.259. The van der Waals surface area contributed by atoms with Crippen molar-refractivity contribution in [3.8, 4) is 17.1 Å². The highest BCUT2D eigenvalue weighted by atomic mass is 16.5. The van der Waals surface area contributed by atoms with Crippen LogP contribution >= 0.6 is 0 Å². The number of unbranched alkanes of at least 4 members (excludes halogenated alkanes) is 2. The van der Waals surface area contributed by atoms with E-state index in [0.29, 0.717) is 13.0 Å². The zero-order valence-electron chi connectivity index (χ0n) is 18.4. The SMILES string of the molecule is COC(=O)CCCCCOc1ccc2nc(-c3ccccc3)n(Cc3ccccc3)c2c1. The van der Waals surface area contributed by atoms with Crippen molar-refractivity contribution in [2.75, 3.05) is 13.7 Å². The maximum Gasteiger partial charge on any atom is 0.305 e. The van der Waals surface area contributed by atoms with Crippen molar-refractivity contribution in [3.63, 3.8) is 0 Å². The predicted molar refractivity (Wildman–Crippen MR) is 127 cm³/mol. The van der Waals surface area contributed by atoms with Gasteiger partial charge in [0.15, 0.2) is 0 Å². The molecule has 0 N–H and O–H groups in total. The Balaban J connectivity index is 1.53. The highest BCUT2D eigenvalue weighted by Gasteiger charge is 2.14. The van der Waals surface area contributed by atoms with E-state index in [1.54, 1.807) is 0 Å². The van der Waals surface area contributed by atoms with Crippen LogP contribution < -0.4 is 4.74 Å². The van der Waals surface area contributed by atoms with Crippen LogP contribution in [0.2, 0.25) is 0 Å². The average molecular weight is 429 g/mol. The third-order valence-electron chi connectivity index (χ3n) is 5.46. The van der Waals surface area contributed by atoms with Crippen molar-refractivity contribution >= 4 is 17.0 Å². The van der Waals surface area contributed by atoms with Gasteiger partial charge in [-0.1, -0.05) is 60.7 Å². The van der Waals surface area contributed by atoms with Gasteiger partial charge < -0.3 is 14.0 Å². The van der Waals surface area contributed by atoms with Gasteiger partial charge in [0, 0.05) is 24.6 Å². The Labute approximate surface area is 188 Å². The first-order valence-corrected chi connectivity index (χ1v) is 11.0. The minimum Gasteiger partial charge on any atom is -0.494 e. The fourth-order valence-corrected chi connectivity index (χ4v) is 3.77. The summed E-state index contributed by atoms with van der Waals surface area (Å²) >= 11 is 0. The highest BCUT2D eigenvalue weighted by Crippen LogP contribution is 2.28. The number of esters is 1. The molecule has 0 atom stereocenters. The molecule has 0 radical (unpaired) electrons. The van der Waals surface area contributed by atoms with Crippen LogP contribution in [0.1, 0.15) is 31.2 Å². The highest BCUT2D eigenvalue weighted by molar-refractivity contribution is 5.82. The molecule has 0 spiro atoms. The normalized spacial score (nSPS) is 10.9. The summed E-state index contributed by atoms with van der Waals surface area (Å²) < 4.78 is 12.9. The summed E-state index contributed by atoms with van der Waals surface area (Å²) in [5.41, 5.74) is 4.31. The van der Waals surface area contributed by atoms with Crippen LogP contribution in [-0.2, 0) is 16.1 Å². The topological polar surface area (TPSA) is 53.4 Å². The minimum atomic E-state index is -0.155. The molecule has 5 heteroatoms. The number of methoxy groups -OCH3 is 1. The number of fused-ring (bicyclic) bond motifs is 1. The first-order chi connectivity index (χ1) is 15.7. The molecule has 1 heterocycles. The van der Waals surface area contributed by atoms with Crippen LogP contribution in [0.25, 0.3) is 22.4 Å². The molecule has 0 aliphatic carbocycles. The Kier molecular flexibility index (Phi) is 7.18. The summed E-state index contributed by atoms with van der Waals surface area (Å²) in [5.74, 6) is 1.63. The van der Waals surface area contributed by atoms with Gasteiger partial charge in [-0.15, -0.1) is 0 Å². The maximum atomic E-state index is 11.2. The Morgan fingerprint density at radius 2 is 1.66 bits per heavy atom. The molecule has 0 bridgehead atoms. The van der Waals surface area contributed by atoms with Crippen LogP contribution in [0.3, 0.4) is 0 Å². The monoisotopic (exact) mass is 428 g/mol. The van der Waals surface area contributed by atoms with Gasteiger partial charge >= 0.3 is 5.97 Å². The van der Waals surface area contributed by atoms with Crippen LogP contribution in [0.5, 0.6) is 5.75 Å². The van der Waals surface area contributed by atoms with Crippen LogP contribution in [0, 0.1) is 0 Å².